The smallest absolute Gasteiger partial charge is 0.264 e. The number of rotatable bonds is 8. The fourth-order valence-corrected chi connectivity index (χ4v) is 4.14. The first kappa shape index (κ1) is 24.1. The van der Waals surface area contributed by atoms with E-state index in [1.54, 1.807) is 25.2 Å². The molecule has 7 heteroatoms. The molecule has 182 valence electrons. The Kier molecular flexibility index (Phi) is 7.55. The van der Waals surface area contributed by atoms with Crippen molar-refractivity contribution in [1.82, 2.24) is 4.90 Å². The fraction of sp³-hybridized carbons (Fsp3) is 0.286. The summed E-state index contributed by atoms with van der Waals surface area (Å²) in [5, 5.41) is 2.96. The average molecular weight is 475 g/mol. The first-order valence-electron chi connectivity index (χ1n) is 11.6. The second-order valence-corrected chi connectivity index (χ2v) is 8.46. The van der Waals surface area contributed by atoms with Crippen LogP contribution in [-0.4, -0.2) is 37.0 Å². The molecule has 0 saturated heterocycles. The molecule has 0 fully saturated rings. The van der Waals surface area contributed by atoms with Gasteiger partial charge in [0.15, 0.2) is 6.10 Å². The predicted molar refractivity (Wildman–Crippen MR) is 134 cm³/mol. The lowest BCUT2D eigenvalue weighted by Gasteiger charge is -2.23. The highest BCUT2D eigenvalue weighted by Gasteiger charge is 2.30. The molecule has 0 unspecified atom stereocenters. The number of carbonyl (C=O) groups excluding carboxylic acids is 2. The van der Waals surface area contributed by atoms with Gasteiger partial charge < -0.3 is 24.4 Å². The lowest BCUT2D eigenvalue weighted by Crippen LogP contribution is -2.38. The highest BCUT2D eigenvalue weighted by Crippen LogP contribution is 2.30. The molecule has 4 rings (SSSR count). The molecule has 0 saturated carbocycles. The van der Waals surface area contributed by atoms with Crippen molar-refractivity contribution < 1.29 is 23.8 Å². The number of fused-ring (bicyclic) bond motifs is 1. The molecule has 1 aliphatic rings. The highest BCUT2D eigenvalue weighted by molar-refractivity contribution is 5.92. The normalized spacial score (nSPS) is 15.0. The number of methoxy groups -OCH3 is 2. The summed E-state index contributed by atoms with van der Waals surface area (Å²) in [5.74, 6) is 1.92. The molecule has 3 aromatic rings. The number of nitrogens with one attached hydrogen (secondary N) is 1. The molecule has 1 aliphatic heterocycles. The zero-order valence-corrected chi connectivity index (χ0v) is 20.2. The maximum Gasteiger partial charge on any atom is 0.264 e. The molecule has 0 aliphatic carbocycles. The highest BCUT2D eigenvalue weighted by atomic mass is 16.5. The van der Waals surface area contributed by atoms with Crippen molar-refractivity contribution in [2.24, 2.45) is 0 Å². The van der Waals surface area contributed by atoms with E-state index in [0.29, 0.717) is 36.7 Å². The first-order valence-corrected chi connectivity index (χ1v) is 11.6. The Bertz CT molecular complexity index is 1210. The molecule has 2 amide bonds. The maximum absolute atomic E-state index is 13.2. The van der Waals surface area contributed by atoms with Crippen LogP contribution in [0.25, 0.3) is 0 Å². The second kappa shape index (κ2) is 11.0. The summed E-state index contributed by atoms with van der Waals surface area (Å²) in [6.45, 7) is 2.74. The summed E-state index contributed by atoms with van der Waals surface area (Å²) in [7, 11) is 3.22. The number of ether oxygens (including phenoxy) is 3. The predicted octanol–water partition coefficient (Wildman–Crippen LogP) is 4.58. The zero-order valence-electron chi connectivity index (χ0n) is 20.2. The topological polar surface area (TPSA) is 77.1 Å². The van der Waals surface area contributed by atoms with E-state index in [0.717, 1.165) is 22.4 Å². The van der Waals surface area contributed by atoms with Crippen LogP contribution in [0.3, 0.4) is 0 Å². The van der Waals surface area contributed by atoms with Gasteiger partial charge in [-0.1, -0.05) is 31.2 Å². The van der Waals surface area contributed by atoms with Gasteiger partial charge in [0.1, 0.15) is 17.2 Å². The van der Waals surface area contributed by atoms with Crippen LogP contribution in [0, 0.1) is 0 Å². The van der Waals surface area contributed by atoms with E-state index < -0.39 is 6.10 Å². The van der Waals surface area contributed by atoms with Crippen molar-refractivity contribution in [2.75, 3.05) is 19.5 Å². The maximum atomic E-state index is 13.2. The molecule has 35 heavy (non-hydrogen) atoms. The minimum absolute atomic E-state index is 0.0601. The minimum atomic E-state index is -0.560. The average Bonchev–Trinajstić information content (AvgIpc) is 3.00. The van der Waals surface area contributed by atoms with E-state index in [4.69, 9.17) is 14.2 Å². The second-order valence-electron chi connectivity index (χ2n) is 8.46. The van der Waals surface area contributed by atoms with Gasteiger partial charge in [0.05, 0.1) is 20.6 Å². The van der Waals surface area contributed by atoms with E-state index in [-0.39, 0.29) is 18.2 Å². The van der Waals surface area contributed by atoms with Gasteiger partial charge in [0, 0.05) is 24.3 Å². The minimum Gasteiger partial charge on any atom is -0.497 e. The Balaban J connectivity index is 1.52. The molecule has 1 atom stereocenters. The van der Waals surface area contributed by atoms with Crippen molar-refractivity contribution >= 4 is 17.5 Å². The van der Waals surface area contributed by atoms with Gasteiger partial charge >= 0.3 is 0 Å². The Morgan fingerprint density at radius 2 is 1.69 bits per heavy atom. The van der Waals surface area contributed by atoms with Crippen LogP contribution in [0.1, 0.15) is 30.0 Å². The summed E-state index contributed by atoms with van der Waals surface area (Å²) in [4.78, 5) is 27.7. The van der Waals surface area contributed by atoms with E-state index in [1.807, 2.05) is 67.6 Å². The summed E-state index contributed by atoms with van der Waals surface area (Å²) in [5.41, 5.74) is 3.33. The molecule has 0 aromatic heterocycles. The van der Waals surface area contributed by atoms with Crippen molar-refractivity contribution in [3.05, 3.63) is 83.4 Å². The summed E-state index contributed by atoms with van der Waals surface area (Å²) < 4.78 is 16.6. The SMILES string of the molecule is CC[C@@H]1Oc2ccc(NC(=O)Cc3cccc(OC)c3)cc2CN(Cc2cccc(OC)c2)C1=O. The number of nitrogens with zero attached hydrogens (tertiary/aromatic N) is 1. The Labute approximate surface area is 205 Å². The van der Waals surface area contributed by atoms with Crippen LogP contribution in [0.15, 0.2) is 66.7 Å². The standard InChI is InChI=1S/C28H30N2O5/c1-4-25-28(32)30(17-20-8-6-10-24(14-20)34-3)18-21-16-22(11-12-26(21)35-25)29-27(31)15-19-7-5-9-23(13-19)33-2/h5-14,16,25H,4,15,17-18H2,1-3H3,(H,29,31)/t25-/m0/s1. The number of hydrogen-bond donors (Lipinski definition) is 1. The molecule has 0 radical (unpaired) electrons. The monoisotopic (exact) mass is 474 g/mol. The largest absolute Gasteiger partial charge is 0.497 e. The lowest BCUT2D eigenvalue weighted by atomic mass is 10.1. The summed E-state index contributed by atoms with van der Waals surface area (Å²) in [6, 6.07) is 20.6. The van der Waals surface area contributed by atoms with Gasteiger partial charge in [-0.3, -0.25) is 9.59 Å². The third-order valence-corrected chi connectivity index (χ3v) is 5.94. The summed E-state index contributed by atoms with van der Waals surface area (Å²) in [6.07, 6.45) is 0.227. The van der Waals surface area contributed by atoms with Gasteiger partial charge in [0.25, 0.3) is 5.91 Å². The Morgan fingerprint density at radius 1 is 1.00 bits per heavy atom. The molecular weight excluding hydrogens is 444 g/mol. The van der Waals surface area contributed by atoms with Crippen molar-refractivity contribution in [1.29, 1.82) is 0 Å². The Hall–Kier alpha value is -4.00. The number of benzene rings is 3. The van der Waals surface area contributed by atoms with Crippen LogP contribution in [0.5, 0.6) is 17.2 Å². The lowest BCUT2D eigenvalue weighted by molar-refractivity contribution is -0.139. The van der Waals surface area contributed by atoms with Crippen molar-refractivity contribution in [3.8, 4) is 17.2 Å². The third-order valence-electron chi connectivity index (χ3n) is 5.94. The third kappa shape index (κ3) is 5.93. The summed E-state index contributed by atoms with van der Waals surface area (Å²) >= 11 is 0. The molecule has 0 bridgehead atoms. The van der Waals surface area contributed by atoms with E-state index in [1.165, 1.54) is 0 Å². The van der Waals surface area contributed by atoms with Gasteiger partial charge in [-0.15, -0.1) is 0 Å². The van der Waals surface area contributed by atoms with E-state index in [9.17, 15) is 9.59 Å². The van der Waals surface area contributed by atoms with E-state index >= 15 is 0 Å². The first-order chi connectivity index (χ1) is 17.0. The van der Waals surface area contributed by atoms with Crippen LogP contribution in [0.2, 0.25) is 0 Å². The van der Waals surface area contributed by atoms with Crippen LogP contribution in [0.4, 0.5) is 5.69 Å². The number of hydrogen-bond acceptors (Lipinski definition) is 5. The molecule has 3 aromatic carbocycles. The Morgan fingerprint density at radius 3 is 2.37 bits per heavy atom. The van der Waals surface area contributed by atoms with Crippen LogP contribution >= 0.6 is 0 Å². The van der Waals surface area contributed by atoms with Crippen LogP contribution in [-0.2, 0) is 29.1 Å². The van der Waals surface area contributed by atoms with Gasteiger partial charge in [0.2, 0.25) is 5.91 Å². The molecule has 1 heterocycles. The van der Waals surface area contributed by atoms with Gasteiger partial charge in [-0.2, -0.15) is 0 Å². The zero-order chi connectivity index (χ0) is 24.8. The number of carbonyl (C=O) groups is 2. The molecule has 0 spiro atoms. The molecule has 1 N–H and O–H groups in total. The number of anilines is 1. The van der Waals surface area contributed by atoms with E-state index in [2.05, 4.69) is 5.32 Å². The molecule has 7 nitrogen and oxygen atoms in total. The van der Waals surface area contributed by atoms with Crippen molar-refractivity contribution in [3.63, 3.8) is 0 Å². The number of amides is 2. The van der Waals surface area contributed by atoms with Gasteiger partial charge in [-0.05, 0) is 60.0 Å². The fourth-order valence-electron chi connectivity index (χ4n) is 4.14. The van der Waals surface area contributed by atoms with Crippen molar-refractivity contribution in [2.45, 2.75) is 39.0 Å². The quantitative estimate of drug-likeness (QED) is 0.517. The van der Waals surface area contributed by atoms with Crippen LogP contribution < -0.4 is 19.5 Å². The van der Waals surface area contributed by atoms with Gasteiger partial charge in [-0.25, -0.2) is 0 Å². The molecular formula is C28H30N2O5.